The van der Waals surface area contributed by atoms with E-state index in [1.165, 1.54) is 6.07 Å². The highest BCUT2D eigenvalue weighted by Crippen LogP contribution is 2.36. The van der Waals surface area contributed by atoms with E-state index in [0.717, 1.165) is 12.8 Å². The summed E-state index contributed by atoms with van der Waals surface area (Å²) < 4.78 is 6.30. The molecule has 2 unspecified atom stereocenters. The van der Waals surface area contributed by atoms with Gasteiger partial charge in [-0.15, -0.1) is 0 Å². The summed E-state index contributed by atoms with van der Waals surface area (Å²) in [5.74, 6) is 0.258. The lowest BCUT2D eigenvalue weighted by atomic mass is 10.2. The van der Waals surface area contributed by atoms with Crippen LogP contribution in [0.3, 0.4) is 0 Å². The van der Waals surface area contributed by atoms with Crippen LogP contribution in [0.4, 0.5) is 5.69 Å². The Morgan fingerprint density at radius 2 is 2.22 bits per heavy atom. The number of hydrogen-bond acceptors (Lipinski definition) is 4. The van der Waals surface area contributed by atoms with E-state index in [1.807, 2.05) is 0 Å². The Morgan fingerprint density at radius 1 is 1.50 bits per heavy atom. The molecular weight excluding hydrogens is 302 g/mol. The van der Waals surface area contributed by atoms with Crippen LogP contribution in [0.15, 0.2) is 16.6 Å². The highest BCUT2D eigenvalue weighted by atomic mass is 79.9. The first kappa shape index (κ1) is 13.3. The number of aliphatic hydroxyl groups is 1. The van der Waals surface area contributed by atoms with Crippen LogP contribution in [0.25, 0.3) is 0 Å². The molecule has 1 aromatic carbocycles. The van der Waals surface area contributed by atoms with Gasteiger partial charge in [-0.25, -0.2) is 0 Å². The predicted molar refractivity (Wildman–Crippen MR) is 69.8 cm³/mol. The fraction of sp³-hybridized carbons (Fsp3) is 0.500. The molecule has 1 aromatic rings. The molecule has 1 aliphatic rings. The molecular formula is C12H14BrNO4. The topological polar surface area (TPSA) is 72.6 Å². The lowest BCUT2D eigenvalue weighted by molar-refractivity contribution is -0.386. The van der Waals surface area contributed by atoms with Crippen molar-refractivity contribution in [3.8, 4) is 5.75 Å². The highest BCUT2D eigenvalue weighted by molar-refractivity contribution is 9.10. The van der Waals surface area contributed by atoms with Crippen molar-refractivity contribution in [2.45, 2.75) is 38.4 Å². The lowest BCUT2D eigenvalue weighted by Gasteiger charge is -2.18. The molecule has 1 fully saturated rings. The number of ether oxygens (including phenoxy) is 1. The number of hydrogen-bond donors (Lipinski definition) is 1. The Bertz CT molecular complexity index is 477. The number of aliphatic hydroxyl groups excluding tert-OH is 1. The monoisotopic (exact) mass is 315 g/mol. The van der Waals surface area contributed by atoms with Gasteiger partial charge in [-0.3, -0.25) is 10.1 Å². The van der Waals surface area contributed by atoms with E-state index < -0.39 is 11.0 Å². The number of aryl methyl sites for hydroxylation is 1. The van der Waals surface area contributed by atoms with Crippen LogP contribution in [0, 0.1) is 17.0 Å². The third-order valence-corrected chi connectivity index (χ3v) is 3.56. The van der Waals surface area contributed by atoms with E-state index >= 15 is 0 Å². The van der Waals surface area contributed by atoms with Crippen LogP contribution < -0.4 is 4.74 Å². The van der Waals surface area contributed by atoms with Crippen molar-refractivity contribution in [1.82, 2.24) is 0 Å². The van der Waals surface area contributed by atoms with Gasteiger partial charge in [0.2, 0.25) is 5.75 Å². The molecule has 0 radical (unpaired) electrons. The average molecular weight is 316 g/mol. The van der Waals surface area contributed by atoms with Crippen LogP contribution in [0.1, 0.15) is 24.8 Å². The van der Waals surface area contributed by atoms with Crippen LogP contribution >= 0.6 is 15.9 Å². The molecule has 5 nitrogen and oxygen atoms in total. The van der Waals surface area contributed by atoms with Crippen molar-refractivity contribution < 1.29 is 14.8 Å². The Labute approximate surface area is 113 Å². The SMILES string of the molecule is Cc1cc(Br)cc([N+](=O)[O-])c1OC1CCCC1O. The third-order valence-electron chi connectivity index (χ3n) is 3.10. The van der Waals surface area contributed by atoms with Gasteiger partial charge in [0.05, 0.1) is 11.0 Å². The molecule has 0 bridgehead atoms. The number of rotatable bonds is 3. The first-order valence-electron chi connectivity index (χ1n) is 5.78. The van der Waals surface area contributed by atoms with Gasteiger partial charge in [0, 0.05) is 10.5 Å². The summed E-state index contributed by atoms with van der Waals surface area (Å²) in [5.41, 5.74) is 0.621. The van der Waals surface area contributed by atoms with Gasteiger partial charge in [-0.1, -0.05) is 15.9 Å². The zero-order valence-electron chi connectivity index (χ0n) is 9.93. The Kier molecular flexibility index (Phi) is 3.87. The zero-order chi connectivity index (χ0) is 13.3. The molecule has 6 heteroatoms. The number of nitrogens with zero attached hydrogens (tertiary/aromatic N) is 1. The summed E-state index contributed by atoms with van der Waals surface area (Å²) >= 11 is 3.23. The molecule has 0 saturated heterocycles. The molecule has 2 rings (SSSR count). The van der Waals surface area contributed by atoms with E-state index in [9.17, 15) is 15.2 Å². The largest absolute Gasteiger partial charge is 0.481 e. The van der Waals surface area contributed by atoms with Crippen LogP contribution in [0.5, 0.6) is 5.75 Å². The predicted octanol–water partition coefficient (Wildman–Crippen LogP) is 2.96. The highest BCUT2D eigenvalue weighted by Gasteiger charge is 2.30. The van der Waals surface area contributed by atoms with Crippen molar-refractivity contribution in [2.24, 2.45) is 0 Å². The molecule has 0 heterocycles. The summed E-state index contributed by atoms with van der Waals surface area (Å²) in [4.78, 5) is 10.6. The third kappa shape index (κ3) is 2.64. The second-order valence-corrected chi connectivity index (χ2v) is 5.40. The zero-order valence-corrected chi connectivity index (χ0v) is 11.5. The molecule has 1 N–H and O–H groups in total. The summed E-state index contributed by atoms with van der Waals surface area (Å²) in [6, 6.07) is 3.19. The maximum atomic E-state index is 11.0. The van der Waals surface area contributed by atoms with Crippen molar-refractivity contribution >= 4 is 21.6 Å². The number of nitro groups is 1. The average Bonchev–Trinajstić information content (AvgIpc) is 2.67. The van der Waals surface area contributed by atoms with Crippen molar-refractivity contribution in [2.75, 3.05) is 0 Å². The summed E-state index contributed by atoms with van der Waals surface area (Å²) in [5, 5.41) is 20.7. The van der Waals surface area contributed by atoms with E-state index in [2.05, 4.69) is 15.9 Å². The standard InChI is InChI=1S/C12H14BrNO4/c1-7-5-8(13)6-9(14(16)17)12(7)18-11-4-2-3-10(11)15/h5-6,10-11,15H,2-4H2,1H3. The normalized spacial score (nSPS) is 23.1. The van der Waals surface area contributed by atoms with Crippen LogP contribution in [-0.2, 0) is 0 Å². The summed E-state index contributed by atoms with van der Waals surface area (Å²) in [6.45, 7) is 1.76. The van der Waals surface area contributed by atoms with E-state index in [4.69, 9.17) is 4.74 Å². The van der Waals surface area contributed by atoms with Crippen LogP contribution in [-0.4, -0.2) is 22.2 Å². The van der Waals surface area contributed by atoms with E-state index in [-0.39, 0.29) is 17.5 Å². The molecule has 2 atom stereocenters. The Hall–Kier alpha value is -1.14. The van der Waals surface area contributed by atoms with Gasteiger partial charge in [0.25, 0.3) is 0 Å². The number of halogens is 1. The first-order chi connectivity index (χ1) is 8.49. The molecule has 0 aromatic heterocycles. The lowest BCUT2D eigenvalue weighted by Crippen LogP contribution is -2.26. The molecule has 18 heavy (non-hydrogen) atoms. The van der Waals surface area contributed by atoms with Crippen molar-refractivity contribution in [3.63, 3.8) is 0 Å². The smallest absolute Gasteiger partial charge is 0.312 e. The maximum absolute atomic E-state index is 11.0. The Morgan fingerprint density at radius 3 is 2.78 bits per heavy atom. The van der Waals surface area contributed by atoms with Gasteiger partial charge >= 0.3 is 5.69 Å². The second-order valence-electron chi connectivity index (χ2n) is 4.48. The quantitative estimate of drug-likeness (QED) is 0.687. The van der Waals surface area contributed by atoms with E-state index in [1.54, 1.807) is 13.0 Å². The van der Waals surface area contributed by atoms with Gasteiger partial charge in [0.1, 0.15) is 6.10 Å². The minimum absolute atomic E-state index is 0.0685. The molecule has 0 spiro atoms. The van der Waals surface area contributed by atoms with Crippen molar-refractivity contribution in [1.29, 1.82) is 0 Å². The molecule has 1 aliphatic carbocycles. The minimum Gasteiger partial charge on any atom is -0.481 e. The van der Waals surface area contributed by atoms with Crippen LogP contribution in [0.2, 0.25) is 0 Å². The summed E-state index contributed by atoms with van der Waals surface area (Å²) in [6.07, 6.45) is 1.42. The molecule has 1 saturated carbocycles. The molecule has 98 valence electrons. The van der Waals surface area contributed by atoms with Gasteiger partial charge in [-0.05, 0) is 37.8 Å². The number of benzene rings is 1. The second kappa shape index (κ2) is 5.24. The van der Waals surface area contributed by atoms with Crippen molar-refractivity contribution in [3.05, 3.63) is 32.3 Å². The fourth-order valence-corrected chi connectivity index (χ4v) is 2.76. The van der Waals surface area contributed by atoms with Gasteiger partial charge in [0.15, 0.2) is 0 Å². The maximum Gasteiger partial charge on any atom is 0.312 e. The minimum atomic E-state index is -0.535. The summed E-state index contributed by atoms with van der Waals surface area (Å²) in [7, 11) is 0. The Balaban J connectivity index is 2.33. The van der Waals surface area contributed by atoms with Gasteiger partial charge in [-0.2, -0.15) is 0 Å². The fourth-order valence-electron chi connectivity index (χ4n) is 2.20. The van der Waals surface area contributed by atoms with E-state index in [0.29, 0.717) is 16.5 Å². The van der Waals surface area contributed by atoms with Gasteiger partial charge < -0.3 is 9.84 Å². The first-order valence-corrected chi connectivity index (χ1v) is 6.57. The molecule has 0 aliphatic heterocycles. The number of nitro benzene ring substituents is 1. The molecule has 0 amide bonds.